The van der Waals surface area contributed by atoms with E-state index in [0.717, 1.165) is 12.1 Å². The lowest BCUT2D eigenvalue weighted by atomic mass is 9.98. The second kappa shape index (κ2) is 5.96. The molecule has 0 aliphatic heterocycles. The van der Waals surface area contributed by atoms with E-state index in [1.165, 1.54) is 25.3 Å². The molecular formula is C15H14F3NO. The molecule has 0 fully saturated rings. The quantitative estimate of drug-likeness (QED) is 0.932. The Hall–Kier alpha value is -2.01. The first-order valence-electron chi connectivity index (χ1n) is 6.05. The Kier molecular flexibility index (Phi) is 4.29. The Balaban J connectivity index is 2.26. The van der Waals surface area contributed by atoms with Crippen LogP contribution in [0.2, 0.25) is 0 Å². The first-order valence-corrected chi connectivity index (χ1v) is 6.05. The van der Waals surface area contributed by atoms with Gasteiger partial charge in [0.2, 0.25) is 0 Å². The lowest BCUT2D eigenvalue weighted by Crippen LogP contribution is -2.16. The zero-order valence-electron chi connectivity index (χ0n) is 10.9. The second-order valence-electron chi connectivity index (χ2n) is 4.41. The monoisotopic (exact) mass is 281 g/mol. The molecule has 0 aliphatic rings. The molecule has 2 N–H and O–H groups in total. The Morgan fingerprint density at radius 2 is 1.90 bits per heavy atom. The van der Waals surface area contributed by atoms with Gasteiger partial charge in [-0.25, -0.2) is 13.2 Å². The van der Waals surface area contributed by atoms with E-state index in [2.05, 4.69) is 0 Å². The topological polar surface area (TPSA) is 35.2 Å². The maximum absolute atomic E-state index is 14.0. The van der Waals surface area contributed by atoms with E-state index in [9.17, 15) is 13.2 Å². The van der Waals surface area contributed by atoms with Gasteiger partial charge in [-0.05, 0) is 24.1 Å². The molecule has 0 heterocycles. The van der Waals surface area contributed by atoms with Crippen LogP contribution >= 0.6 is 0 Å². The summed E-state index contributed by atoms with van der Waals surface area (Å²) >= 11 is 0. The first kappa shape index (κ1) is 14.4. The molecule has 0 aromatic heterocycles. The van der Waals surface area contributed by atoms with Crippen LogP contribution in [0.15, 0.2) is 36.4 Å². The van der Waals surface area contributed by atoms with Gasteiger partial charge in [0.1, 0.15) is 11.6 Å². The van der Waals surface area contributed by atoms with Crippen LogP contribution in [0.5, 0.6) is 5.75 Å². The van der Waals surface area contributed by atoms with Crippen LogP contribution in [-0.4, -0.2) is 7.11 Å². The van der Waals surface area contributed by atoms with Crippen molar-refractivity contribution in [2.24, 2.45) is 5.73 Å². The van der Waals surface area contributed by atoms with Crippen LogP contribution in [0.3, 0.4) is 0 Å². The minimum Gasteiger partial charge on any atom is -0.494 e. The molecule has 106 valence electrons. The van der Waals surface area contributed by atoms with Gasteiger partial charge >= 0.3 is 0 Å². The molecule has 0 saturated carbocycles. The van der Waals surface area contributed by atoms with Gasteiger partial charge in [-0.3, -0.25) is 0 Å². The number of nitrogens with two attached hydrogens (primary N) is 1. The highest BCUT2D eigenvalue weighted by Gasteiger charge is 2.17. The predicted molar refractivity (Wildman–Crippen MR) is 69.9 cm³/mol. The first-order chi connectivity index (χ1) is 9.52. The highest BCUT2D eigenvalue weighted by molar-refractivity contribution is 5.34. The molecule has 5 heteroatoms. The highest BCUT2D eigenvalue weighted by atomic mass is 19.1. The summed E-state index contributed by atoms with van der Waals surface area (Å²) in [7, 11) is 1.35. The summed E-state index contributed by atoms with van der Waals surface area (Å²) in [6.07, 6.45) is 0.0657. The van der Waals surface area contributed by atoms with Crippen LogP contribution in [0.25, 0.3) is 0 Å². The summed E-state index contributed by atoms with van der Waals surface area (Å²) in [5.41, 5.74) is 6.37. The molecule has 1 atom stereocenters. The van der Waals surface area contributed by atoms with Gasteiger partial charge in [-0.2, -0.15) is 0 Å². The van der Waals surface area contributed by atoms with Crippen LogP contribution < -0.4 is 10.5 Å². The van der Waals surface area contributed by atoms with Crippen molar-refractivity contribution >= 4 is 0 Å². The number of rotatable bonds is 4. The van der Waals surface area contributed by atoms with E-state index in [4.69, 9.17) is 10.5 Å². The third kappa shape index (κ3) is 2.93. The zero-order chi connectivity index (χ0) is 14.7. The van der Waals surface area contributed by atoms with E-state index in [1.54, 1.807) is 6.07 Å². The summed E-state index contributed by atoms with van der Waals surface area (Å²) in [6, 6.07) is 7.09. The fourth-order valence-electron chi connectivity index (χ4n) is 2.01. The van der Waals surface area contributed by atoms with E-state index in [-0.39, 0.29) is 23.3 Å². The van der Waals surface area contributed by atoms with Crippen LogP contribution in [0.1, 0.15) is 17.2 Å². The number of benzene rings is 2. The van der Waals surface area contributed by atoms with Crippen molar-refractivity contribution < 1.29 is 17.9 Å². The van der Waals surface area contributed by atoms with Gasteiger partial charge in [0, 0.05) is 17.7 Å². The van der Waals surface area contributed by atoms with Crippen molar-refractivity contribution in [3.8, 4) is 5.75 Å². The van der Waals surface area contributed by atoms with E-state index in [1.807, 2.05) is 0 Å². The minimum absolute atomic E-state index is 0.0657. The summed E-state index contributed by atoms with van der Waals surface area (Å²) < 4.78 is 45.3. The van der Waals surface area contributed by atoms with Gasteiger partial charge in [0.15, 0.2) is 11.6 Å². The Labute approximate surface area is 115 Å². The van der Waals surface area contributed by atoms with Gasteiger partial charge in [0.05, 0.1) is 7.11 Å². The summed E-state index contributed by atoms with van der Waals surface area (Å²) in [5.74, 6) is -1.83. The summed E-state index contributed by atoms with van der Waals surface area (Å²) in [6.45, 7) is 0. The van der Waals surface area contributed by atoms with Crippen molar-refractivity contribution in [2.75, 3.05) is 7.11 Å². The molecular weight excluding hydrogens is 267 g/mol. The number of methoxy groups -OCH3 is 1. The van der Waals surface area contributed by atoms with Crippen molar-refractivity contribution in [1.82, 2.24) is 0 Å². The summed E-state index contributed by atoms with van der Waals surface area (Å²) in [5, 5.41) is 0. The molecule has 0 bridgehead atoms. The third-order valence-corrected chi connectivity index (χ3v) is 3.07. The average Bonchev–Trinajstić information content (AvgIpc) is 2.42. The van der Waals surface area contributed by atoms with E-state index in [0.29, 0.717) is 0 Å². The molecule has 1 unspecified atom stereocenters. The summed E-state index contributed by atoms with van der Waals surface area (Å²) in [4.78, 5) is 0. The standard InChI is InChI=1S/C15H14F3NO/c1-20-14-4-2-3-11(15(14)18)13(19)7-9-5-6-10(16)8-12(9)17/h2-6,8,13H,7,19H2,1H3. The molecule has 2 aromatic rings. The molecule has 2 aromatic carbocycles. The van der Waals surface area contributed by atoms with Crippen LogP contribution in [0.4, 0.5) is 13.2 Å². The number of ether oxygens (including phenoxy) is 1. The molecule has 0 spiro atoms. The SMILES string of the molecule is COc1cccc(C(N)Cc2ccc(F)cc2F)c1F. The molecule has 2 rings (SSSR count). The molecule has 0 amide bonds. The average molecular weight is 281 g/mol. The molecule has 0 aliphatic carbocycles. The fraction of sp³-hybridized carbons (Fsp3) is 0.200. The Bertz CT molecular complexity index is 616. The maximum atomic E-state index is 14.0. The van der Waals surface area contributed by atoms with Gasteiger partial charge in [-0.15, -0.1) is 0 Å². The third-order valence-electron chi connectivity index (χ3n) is 3.07. The lowest BCUT2D eigenvalue weighted by molar-refractivity contribution is 0.382. The fourth-order valence-corrected chi connectivity index (χ4v) is 2.01. The zero-order valence-corrected chi connectivity index (χ0v) is 10.9. The van der Waals surface area contributed by atoms with E-state index < -0.39 is 23.5 Å². The predicted octanol–water partition coefficient (Wildman–Crippen LogP) is 3.36. The molecule has 0 saturated heterocycles. The highest BCUT2D eigenvalue weighted by Crippen LogP contribution is 2.26. The minimum atomic E-state index is -0.745. The lowest BCUT2D eigenvalue weighted by Gasteiger charge is -2.15. The van der Waals surface area contributed by atoms with Crippen LogP contribution in [0, 0.1) is 17.5 Å². The normalized spacial score (nSPS) is 12.2. The Morgan fingerprint density at radius 1 is 1.15 bits per heavy atom. The van der Waals surface area contributed by atoms with Gasteiger partial charge in [0.25, 0.3) is 0 Å². The number of hydrogen-bond acceptors (Lipinski definition) is 2. The van der Waals surface area contributed by atoms with Crippen molar-refractivity contribution in [3.63, 3.8) is 0 Å². The molecule has 20 heavy (non-hydrogen) atoms. The molecule has 2 nitrogen and oxygen atoms in total. The maximum Gasteiger partial charge on any atom is 0.169 e. The van der Waals surface area contributed by atoms with Gasteiger partial charge in [-0.1, -0.05) is 18.2 Å². The molecule has 0 radical (unpaired) electrons. The second-order valence-corrected chi connectivity index (χ2v) is 4.41. The van der Waals surface area contributed by atoms with Crippen molar-refractivity contribution in [3.05, 3.63) is 65.0 Å². The number of hydrogen-bond donors (Lipinski definition) is 1. The van der Waals surface area contributed by atoms with Crippen molar-refractivity contribution in [2.45, 2.75) is 12.5 Å². The smallest absolute Gasteiger partial charge is 0.169 e. The number of halogens is 3. The Morgan fingerprint density at radius 3 is 2.55 bits per heavy atom. The van der Waals surface area contributed by atoms with Crippen molar-refractivity contribution in [1.29, 1.82) is 0 Å². The van der Waals surface area contributed by atoms with Crippen LogP contribution in [-0.2, 0) is 6.42 Å². The largest absolute Gasteiger partial charge is 0.494 e. The van der Waals surface area contributed by atoms with E-state index >= 15 is 0 Å². The van der Waals surface area contributed by atoms with Gasteiger partial charge < -0.3 is 10.5 Å².